The zero-order valence-corrected chi connectivity index (χ0v) is 14.5. The maximum absolute atomic E-state index is 9.13. The highest BCUT2D eigenvalue weighted by Crippen LogP contribution is 2.12. The van der Waals surface area contributed by atoms with E-state index < -0.39 is 0 Å². The lowest BCUT2D eigenvalue weighted by molar-refractivity contribution is 0.579. The van der Waals surface area contributed by atoms with Gasteiger partial charge < -0.3 is 0 Å². The molecule has 0 saturated carbocycles. The predicted molar refractivity (Wildman–Crippen MR) is 98.6 cm³/mol. The molecule has 122 valence electrons. The standard InChI is InChI=1S/C21H33N/c1-3-5-7-9-10-11-12-13-15-17-19-21(20-22)18-16-14-8-6-4-2/h3,5,11-13,15,17,19,21H,4,6-10,14,16,18H2,1-2H3. The van der Waals surface area contributed by atoms with Crippen molar-refractivity contribution in [3.63, 3.8) is 0 Å². The fourth-order valence-electron chi connectivity index (χ4n) is 2.19. The van der Waals surface area contributed by atoms with E-state index >= 15 is 0 Å². The fraction of sp³-hybridized carbons (Fsp3) is 0.571. The minimum absolute atomic E-state index is 0.0658. The Hall–Kier alpha value is -1.55. The van der Waals surface area contributed by atoms with Crippen molar-refractivity contribution < 1.29 is 0 Å². The second kappa shape index (κ2) is 17.5. The average molecular weight is 300 g/mol. The zero-order valence-electron chi connectivity index (χ0n) is 14.5. The maximum atomic E-state index is 9.13. The number of nitriles is 1. The third-order valence-electron chi connectivity index (χ3n) is 3.57. The van der Waals surface area contributed by atoms with Gasteiger partial charge in [0.25, 0.3) is 0 Å². The van der Waals surface area contributed by atoms with E-state index in [1.807, 2.05) is 24.3 Å². The first-order valence-corrected chi connectivity index (χ1v) is 8.85. The minimum Gasteiger partial charge on any atom is -0.198 e. The van der Waals surface area contributed by atoms with Gasteiger partial charge >= 0.3 is 0 Å². The molecule has 0 fully saturated rings. The summed E-state index contributed by atoms with van der Waals surface area (Å²) in [6, 6.07) is 2.38. The van der Waals surface area contributed by atoms with Crippen LogP contribution in [0.4, 0.5) is 0 Å². The molecular weight excluding hydrogens is 266 g/mol. The van der Waals surface area contributed by atoms with Gasteiger partial charge in [0, 0.05) is 0 Å². The Morgan fingerprint density at radius 1 is 0.864 bits per heavy atom. The lowest BCUT2D eigenvalue weighted by Crippen LogP contribution is -1.92. The molecule has 0 aromatic carbocycles. The Bertz CT molecular complexity index is 379. The van der Waals surface area contributed by atoms with Gasteiger partial charge in [0.15, 0.2) is 0 Å². The van der Waals surface area contributed by atoms with E-state index in [0.29, 0.717) is 0 Å². The quantitative estimate of drug-likeness (QED) is 0.206. The van der Waals surface area contributed by atoms with Crippen LogP contribution < -0.4 is 0 Å². The maximum Gasteiger partial charge on any atom is 0.0697 e. The zero-order chi connectivity index (χ0) is 16.3. The molecule has 0 aromatic rings. The lowest BCUT2D eigenvalue weighted by Gasteiger charge is -2.02. The number of allylic oxidation sites excluding steroid dienone is 8. The van der Waals surface area contributed by atoms with Gasteiger partial charge in [-0.15, -0.1) is 0 Å². The van der Waals surface area contributed by atoms with Crippen LogP contribution in [0.1, 0.15) is 71.6 Å². The summed E-state index contributed by atoms with van der Waals surface area (Å²) in [5.41, 5.74) is 0. The van der Waals surface area contributed by atoms with Crippen molar-refractivity contribution in [1.82, 2.24) is 0 Å². The summed E-state index contributed by atoms with van der Waals surface area (Å²) in [6.07, 6.45) is 27.5. The van der Waals surface area contributed by atoms with Crippen molar-refractivity contribution >= 4 is 0 Å². The molecule has 1 unspecified atom stereocenters. The number of hydrogen-bond donors (Lipinski definition) is 0. The molecule has 1 atom stereocenters. The molecule has 0 amide bonds. The van der Waals surface area contributed by atoms with Crippen LogP contribution in [0.3, 0.4) is 0 Å². The highest BCUT2D eigenvalue weighted by molar-refractivity contribution is 5.13. The number of hydrogen-bond acceptors (Lipinski definition) is 1. The smallest absolute Gasteiger partial charge is 0.0697 e. The van der Waals surface area contributed by atoms with Crippen LogP contribution in [0.15, 0.2) is 48.6 Å². The summed E-state index contributed by atoms with van der Waals surface area (Å²) in [4.78, 5) is 0. The van der Waals surface area contributed by atoms with Crippen LogP contribution in [0.5, 0.6) is 0 Å². The van der Waals surface area contributed by atoms with Crippen LogP contribution >= 0.6 is 0 Å². The molecule has 22 heavy (non-hydrogen) atoms. The molecule has 0 N–H and O–H groups in total. The van der Waals surface area contributed by atoms with Crippen molar-refractivity contribution in [2.45, 2.75) is 71.6 Å². The van der Waals surface area contributed by atoms with E-state index in [9.17, 15) is 0 Å². The van der Waals surface area contributed by atoms with Crippen molar-refractivity contribution in [3.05, 3.63) is 48.6 Å². The summed E-state index contributed by atoms with van der Waals surface area (Å²) in [5.74, 6) is 0.0658. The molecule has 0 saturated heterocycles. The van der Waals surface area contributed by atoms with Crippen LogP contribution in [0.2, 0.25) is 0 Å². The first-order chi connectivity index (χ1) is 10.8. The van der Waals surface area contributed by atoms with E-state index in [1.54, 1.807) is 0 Å². The van der Waals surface area contributed by atoms with Gasteiger partial charge in [0.1, 0.15) is 0 Å². The Morgan fingerprint density at radius 2 is 1.59 bits per heavy atom. The van der Waals surface area contributed by atoms with Gasteiger partial charge in [-0.2, -0.15) is 5.26 Å². The van der Waals surface area contributed by atoms with Crippen LogP contribution in [0, 0.1) is 17.2 Å². The third kappa shape index (κ3) is 14.9. The normalized spacial score (nSPS) is 13.7. The molecule has 0 heterocycles. The third-order valence-corrected chi connectivity index (χ3v) is 3.57. The number of unbranched alkanes of at least 4 members (excludes halogenated alkanes) is 6. The molecular formula is C21H33N. The highest BCUT2D eigenvalue weighted by Gasteiger charge is 2.01. The number of rotatable bonds is 13. The number of nitrogens with zero attached hydrogens (tertiary/aromatic N) is 1. The highest BCUT2D eigenvalue weighted by atomic mass is 14.3. The molecule has 0 radical (unpaired) electrons. The molecule has 0 aliphatic heterocycles. The molecule has 0 spiro atoms. The predicted octanol–water partition coefficient (Wildman–Crippen LogP) is 6.90. The van der Waals surface area contributed by atoms with E-state index in [4.69, 9.17) is 5.26 Å². The van der Waals surface area contributed by atoms with E-state index in [2.05, 4.69) is 44.2 Å². The van der Waals surface area contributed by atoms with E-state index in [0.717, 1.165) is 19.3 Å². The molecule has 1 nitrogen and oxygen atoms in total. The molecule has 0 rings (SSSR count). The second-order valence-electron chi connectivity index (χ2n) is 5.64. The van der Waals surface area contributed by atoms with Gasteiger partial charge in [-0.05, 0) is 32.6 Å². The first-order valence-electron chi connectivity index (χ1n) is 8.85. The first kappa shape index (κ1) is 20.5. The Balaban J connectivity index is 3.75. The lowest BCUT2D eigenvalue weighted by atomic mass is 10.0. The molecule has 0 bridgehead atoms. The molecule has 0 aliphatic rings. The fourth-order valence-corrected chi connectivity index (χ4v) is 2.19. The second-order valence-corrected chi connectivity index (χ2v) is 5.64. The summed E-state index contributed by atoms with van der Waals surface area (Å²) >= 11 is 0. The summed E-state index contributed by atoms with van der Waals surface area (Å²) in [5, 5.41) is 9.13. The van der Waals surface area contributed by atoms with Crippen LogP contribution in [0.25, 0.3) is 0 Å². The summed E-state index contributed by atoms with van der Waals surface area (Å²) < 4.78 is 0. The Morgan fingerprint density at radius 3 is 2.32 bits per heavy atom. The van der Waals surface area contributed by atoms with E-state index in [1.165, 1.54) is 38.5 Å². The molecule has 1 heteroatoms. The van der Waals surface area contributed by atoms with Crippen molar-refractivity contribution in [3.8, 4) is 6.07 Å². The molecule has 0 aromatic heterocycles. The Labute approximate surface area is 138 Å². The van der Waals surface area contributed by atoms with Gasteiger partial charge in [0.05, 0.1) is 12.0 Å². The summed E-state index contributed by atoms with van der Waals surface area (Å²) in [7, 11) is 0. The topological polar surface area (TPSA) is 23.8 Å². The van der Waals surface area contributed by atoms with E-state index in [-0.39, 0.29) is 5.92 Å². The van der Waals surface area contributed by atoms with Crippen molar-refractivity contribution in [2.75, 3.05) is 0 Å². The Kier molecular flexibility index (Phi) is 16.3. The van der Waals surface area contributed by atoms with Crippen molar-refractivity contribution in [2.24, 2.45) is 5.92 Å². The molecule has 0 aliphatic carbocycles. The van der Waals surface area contributed by atoms with Crippen LogP contribution in [-0.2, 0) is 0 Å². The summed E-state index contributed by atoms with van der Waals surface area (Å²) in [6.45, 7) is 4.29. The van der Waals surface area contributed by atoms with Crippen molar-refractivity contribution in [1.29, 1.82) is 5.26 Å². The van der Waals surface area contributed by atoms with Gasteiger partial charge in [-0.3, -0.25) is 0 Å². The van der Waals surface area contributed by atoms with Gasteiger partial charge in [-0.1, -0.05) is 87.6 Å². The van der Waals surface area contributed by atoms with Crippen LogP contribution in [-0.4, -0.2) is 0 Å². The minimum atomic E-state index is 0.0658. The average Bonchev–Trinajstić information content (AvgIpc) is 2.54. The largest absolute Gasteiger partial charge is 0.198 e. The monoisotopic (exact) mass is 299 g/mol. The van der Waals surface area contributed by atoms with Gasteiger partial charge in [0.2, 0.25) is 0 Å². The van der Waals surface area contributed by atoms with Gasteiger partial charge in [-0.25, -0.2) is 0 Å². The SMILES string of the molecule is CC=CCCCC=CC=CC=CC(C#N)CCCCCCC.